The van der Waals surface area contributed by atoms with Gasteiger partial charge in [0.25, 0.3) is 0 Å². The Labute approximate surface area is 99.0 Å². The third-order valence-corrected chi connectivity index (χ3v) is 2.82. The van der Waals surface area contributed by atoms with Crippen LogP contribution in [0.3, 0.4) is 0 Å². The van der Waals surface area contributed by atoms with Gasteiger partial charge in [-0.2, -0.15) is 0 Å². The van der Waals surface area contributed by atoms with Crippen molar-refractivity contribution in [3.05, 3.63) is 48.2 Å². The van der Waals surface area contributed by atoms with Gasteiger partial charge in [0.15, 0.2) is 0 Å². The van der Waals surface area contributed by atoms with Crippen LogP contribution in [-0.4, -0.2) is 19.4 Å². The summed E-state index contributed by atoms with van der Waals surface area (Å²) in [5.74, 6) is 0. The Morgan fingerprint density at radius 2 is 1.88 bits per heavy atom. The summed E-state index contributed by atoms with van der Waals surface area (Å²) in [5, 5.41) is 0. The Hall–Kier alpha value is -2.23. The Bertz CT molecular complexity index is 685. The fourth-order valence-electron chi connectivity index (χ4n) is 1.92. The molecule has 4 heteroatoms. The lowest BCUT2D eigenvalue weighted by atomic mass is 10.2. The van der Waals surface area contributed by atoms with E-state index in [1.165, 1.54) is 0 Å². The van der Waals surface area contributed by atoms with Gasteiger partial charge in [-0.1, -0.05) is 6.07 Å². The molecular formula is C13H12N4. The van der Waals surface area contributed by atoms with Crippen molar-refractivity contribution in [1.29, 1.82) is 0 Å². The number of hydrogen-bond acceptors (Lipinski definition) is 3. The topological polar surface area (TPSA) is 43.1 Å². The highest BCUT2D eigenvalue weighted by Crippen LogP contribution is 2.19. The summed E-state index contributed by atoms with van der Waals surface area (Å²) in [6, 6.07) is 6.05. The zero-order valence-electron chi connectivity index (χ0n) is 9.75. The average molecular weight is 224 g/mol. The zero-order chi connectivity index (χ0) is 11.8. The molecule has 0 fully saturated rings. The average Bonchev–Trinajstić information content (AvgIpc) is 2.75. The molecule has 0 spiro atoms. The number of aromatic nitrogens is 4. The highest BCUT2D eigenvalue weighted by atomic mass is 15.0. The van der Waals surface area contributed by atoms with Crippen LogP contribution >= 0.6 is 0 Å². The van der Waals surface area contributed by atoms with Crippen molar-refractivity contribution in [2.24, 2.45) is 0 Å². The Balaban J connectivity index is 2.26. The minimum atomic E-state index is 0.843. The molecule has 0 aliphatic heterocycles. The van der Waals surface area contributed by atoms with E-state index in [1.807, 2.05) is 25.3 Å². The molecule has 0 atom stereocenters. The number of fused-ring (bicyclic) bond motifs is 1. The van der Waals surface area contributed by atoms with Crippen LogP contribution in [0.25, 0.3) is 17.0 Å². The normalized spacial score (nSPS) is 10.9. The molecule has 0 saturated carbocycles. The van der Waals surface area contributed by atoms with E-state index in [9.17, 15) is 0 Å². The van der Waals surface area contributed by atoms with E-state index in [4.69, 9.17) is 0 Å². The molecule has 0 amide bonds. The van der Waals surface area contributed by atoms with Crippen molar-refractivity contribution in [2.75, 3.05) is 0 Å². The Morgan fingerprint density at radius 3 is 2.65 bits per heavy atom. The van der Waals surface area contributed by atoms with Gasteiger partial charge >= 0.3 is 0 Å². The summed E-state index contributed by atoms with van der Waals surface area (Å²) in [6.45, 7) is 4.00. The van der Waals surface area contributed by atoms with Crippen LogP contribution in [-0.2, 0) is 0 Å². The van der Waals surface area contributed by atoms with Crippen LogP contribution in [0.5, 0.6) is 0 Å². The van der Waals surface area contributed by atoms with Crippen LogP contribution in [0.15, 0.2) is 36.8 Å². The van der Waals surface area contributed by atoms with Crippen LogP contribution in [0, 0.1) is 13.8 Å². The maximum Gasteiger partial charge on any atom is 0.137 e. The summed E-state index contributed by atoms with van der Waals surface area (Å²) in [6.07, 6.45) is 5.39. The highest BCUT2D eigenvalue weighted by Gasteiger charge is 2.09. The molecule has 0 N–H and O–H groups in total. The molecule has 0 saturated heterocycles. The third-order valence-electron chi connectivity index (χ3n) is 2.82. The van der Waals surface area contributed by atoms with E-state index >= 15 is 0 Å². The van der Waals surface area contributed by atoms with Gasteiger partial charge in [-0.3, -0.25) is 9.97 Å². The molecule has 84 valence electrons. The predicted octanol–water partition coefficient (Wildman–Crippen LogP) is 2.41. The van der Waals surface area contributed by atoms with E-state index in [-0.39, 0.29) is 0 Å². The first-order valence-electron chi connectivity index (χ1n) is 5.48. The van der Waals surface area contributed by atoms with Gasteiger partial charge in [0.1, 0.15) is 17.0 Å². The number of rotatable bonds is 1. The van der Waals surface area contributed by atoms with Gasteiger partial charge in [-0.05, 0) is 26.0 Å². The Morgan fingerprint density at radius 1 is 1.06 bits per heavy atom. The fourth-order valence-corrected chi connectivity index (χ4v) is 1.92. The zero-order valence-corrected chi connectivity index (χ0v) is 9.75. The molecule has 3 aromatic heterocycles. The number of imidazole rings is 1. The minimum absolute atomic E-state index is 0.843. The molecule has 3 rings (SSSR count). The number of aryl methyl sites for hydroxylation is 2. The lowest BCUT2D eigenvalue weighted by Gasteiger charge is -1.98. The second-order valence-corrected chi connectivity index (χ2v) is 4.01. The first-order valence-corrected chi connectivity index (χ1v) is 5.48. The van der Waals surface area contributed by atoms with E-state index < -0.39 is 0 Å². The molecule has 3 heterocycles. The van der Waals surface area contributed by atoms with Crippen molar-refractivity contribution in [3.8, 4) is 11.4 Å². The van der Waals surface area contributed by atoms with Crippen molar-refractivity contribution in [2.45, 2.75) is 13.8 Å². The standard InChI is InChI=1S/C13H12N4/c1-9-4-3-5-12-16-11(8-17(9)12)13-10(2)14-6-7-15-13/h3-8H,1-2H3. The lowest BCUT2D eigenvalue weighted by molar-refractivity contribution is 1.09. The molecule has 0 aromatic carbocycles. The van der Waals surface area contributed by atoms with Gasteiger partial charge in [-0.15, -0.1) is 0 Å². The van der Waals surface area contributed by atoms with Crippen molar-refractivity contribution in [3.63, 3.8) is 0 Å². The molecule has 3 aromatic rings. The molecule has 17 heavy (non-hydrogen) atoms. The summed E-state index contributed by atoms with van der Waals surface area (Å²) < 4.78 is 2.06. The molecule has 4 nitrogen and oxygen atoms in total. The van der Waals surface area contributed by atoms with Gasteiger partial charge in [0.2, 0.25) is 0 Å². The van der Waals surface area contributed by atoms with Crippen molar-refractivity contribution < 1.29 is 0 Å². The number of hydrogen-bond donors (Lipinski definition) is 0. The van der Waals surface area contributed by atoms with Crippen molar-refractivity contribution in [1.82, 2.24) is 19.4 Å². The van der Waals surface area contributed by atoms with Gasteiger partial charge in [-0.25, -0.2) is 4.98 Å². The SMILES string of the molecule is Cc1nccnc1-c1cn2c(C)cccc2n1. The number of nitrogens with zero attached hydrogens (tertiary/aromatic N) is 4. The number of pyridine rings is 1. The van der Waals surface area contributed by atoms with Gasteiger partial charge in [0.05, 0.1) is 5.69 Å². The third kappa shape index (κ3) is 1.58. The maximum absolute atomic E-state index is 4.57. The van der Waals surface area contributed by atoms with Crippen molar-refractivity contribution >= 4 is 5.65 Å². The maximum atomic E-state index is 4.57. The smallest absolute Gasteiger partial charge is 0.137 e. The second kappa shape index (κ2) is 3.66. The van der Waals surface area contributed by atoms with Crippen LogP contribution in [0.2, 0.25) is 0 Å². The predicted molar refractivity (Wildman–Crippen MR) is 65.7 cm³/mol. The molecule has 0 bridgehead atoms. The van der Waals surface area contributed by atoms with Crippen LogP contribution in [0.4, 0.5) is 0 Å². The molecule has 0 unspecified atom stereocenters. The van der Waals surface area contributed by atoms with Crippen LogP contribution in [0.1, 0.15) is 11.4 Å². The monoisotopic (exact) mass is 224 g/mol. The van der Waals surface area contributed by atoms with Gasteiger partial charge in [0, 0.05) is 24.3 Å². The van der Waals surface area contributed by atoms with Crippen LogP contribution < -0.4 is 0 Å². The van der Waals surface area contributed by atoms with E-state index in [0.717, 1.165) is 28.4 Å². The minimum Gasteiger partial charge on any atom is -0.304 e. The Kier molecular flexibility index (Phi) is 2.14. The van der Waals surface area contributed by atoms with E-state index in [2.05, 4.69) is 32.3 Å². The van der Waals surface area contributed by atoms with E-state index in [1.54, 1.807) is 12.4 Å². The lowest BCUT2D eigenvalue weighted by Crippen LogP contribution is -1.90. The first kappa shape index (κ1) is 9.96. The summed E-state index contributed by atoms with van der Waals surface area (Å²) in [4.78, 5) is 13.1. The highest BCUT2D eigenvalue weighted by molar-refractivity contribution is 5.60. The quantitative estimate of drug-likeness (QED) is 0.637. The first-order chi connectivity index (χ1) is 8.25. The second-order valence-electron chi connectivity index (χ2n) is 4.01. The summed E-state index contributed by atoms with van der Waals surface area (Å²) >= 11 is 0. The van der Waals surface area contributed by atoms with E-state index in [0.29, 0.717) is 0 Å². The molecule has 0 aliphatic carbocycles. The molecular weight excluding hydrogens is 212 g/mol. The molecule has 0 aliphatic rings. The molecule has 0 radical (unpaired) electrons. The van der Waals surface area contributed by atoms with Gasteiger partial charge < -0.3 is 4.40 Å². The summed E-state index contributed by atoms with van der Waals surface area (Å²) in [5.41, 5.74) is 4.70. The largest absolute Gasteiger partial charge is 0.304 e. The summed E-state index contributed by atoms with van der Waals surface area (Å²) in [7, 11) is 0. The fraction of sp³-hybridized carbons (Fsp3) is 0.154.